The van der Waals surface area contributed by atoms with Gasteiger partial charge in [-0.25, -0.2) is 4.98 Å². The average molecular weight is 370 g/mol. The number of amides is 1. The fourth-order valence-electron chi connectivity index (χ4n) is 2.11. The third kappa shape index (κ3) is 5.59. The van der Waals surface area contributed by atoms with E-state index in [1.807, 2.05) is 30.3 Å². The number of carbonyl (C=O) groups is 2. The number of nitrogens with zero attached hydrogens (tertiary/aromatic N) is 1. The first-order valence-electron chi connectivity index (χ1n) is 7.21. The van der Waals surface area contributed by atoms with Crippen LogP contribution in [0.25, 0.3) is 0 Å². The minimum absolute atomic E-state index is 0. The van der Waals surface area contributed by atoms with Crippen molar-refractivity contribution < 1.29 is 14.3 Å². The fourth-order valence-corrected chi connectivity index (χ4v) is 2.77. The molecule has 0 saturated carbocycles. The molecule has 2 rings (SSSR count). The Bertz CT molecular complexity index is 664. The highest BCUT2D eigenvalue weighted by Gasteiger charge is 2.19. The Labute approximate surface area is 150 Å². The van der Waals surface area contributed by atoms with Crippen LogP contribution in [0.2, 0.25) is 0 Å². The van der Waals surface area contributed by atoms with E-state index in [1.165, 1.54) is 18.4 Å². The maximum absolute atomic E-state index is 12.3. The van der Waals surface area contributed by atoms with Crippen LogP contribution in [0, 0.1) is 0 Å². The standard InChI is InChI=1S/C16H19N3O3S.ClH/c1-22-15(20)8-7-12(11-5-3-2-4-6-11)19-16(21)13-10-23-14(9-17)18-13;/h2-6,10,12H,7-9,17H2,1H3,(H,19,21);1H. The predicted octanol–water partition coefficient (Wildman–Crippen LogP) is 2.45. The van der Waals surface area contributed by atoms with Crippen molar-refractivity contribution in [3.8, 4) is 0 Å². The first-order chi connectivity index (χ1) is 11.1. The first kappa shape index (κ1) is 20.1. The maximum atomic E-state index is 12.3. The van der Waals surface area contributed by atoms with Crippen molar-refractivity contribution in [2.75, 3.05) is 7.11 Å². The van der Waals surface area contributed by atoms with Crippen molar-refractivity contribution in [1.82, 2.24) is 10.3 Å². The van der Waals surface area contributed by atoms with E-state index in [-0.39, 0.29) is 36.7 Å². The molecule has 1 amide bonds. The van der Waals surface area contributed by atoms with Gasteiger partial charge in [0.2, 0.25) is 0 Å². The third-order valence-corrected chi connectivity index (χ3v) is 4.20. The highest BCUT2D eigenvalue weighted by molar-refractivity contribution is 7.09. The second-order valence-corrected chi connectivity index (χ2v) is 5.82. The predicted molar refractivity (Wildman–Crippen MR) is 95.2 cm³/mol. The van der Waals surface area contributed by atoms with E-state index in [0.29, 0.717) is 23.7 Å². The van der Waals surface area contributed by atoms with Gasteiger partial charge in [0.05, 0.1) is 13.2 Å². The summed E-state index contributed by atoms with van der Waals surface area (Å²) in [6, 6.07) is 9.22. The van der Waals surface area contributed by atoms with Crippen molar-refractivity contribution in [1.29, 1.82) is 0 Å². The highest BCUT2D eigenvalue weighted by atomic mass is 35.5. The minimum atomic E-state index is -0.306. The monoisotopic (exact) mass is 369 g/mol. The van der Waals surface area contributed by atoms with Crippen LogP contribution < -0.4 is 11.1 Å². The Morgan fingerprint density at radius 3 is 2.62 bits per heavy atom. The van der Waals surface area contributed by atoms with Crippen LogP contribution >= 0.6 is 23.7 Å². The van der Waals surface area contributed by atoms with Crippen LogP contribution in [-0.4, -0.2) is 24.0 Å². The number of ether oxygens (including phenoxy) is 1. The normalized spacial score (nSPS) is 11.2. The van der Waals surface area contributed by atoms with Gasteiger partial charge in [-0.3, -0.25) is 9.59 Å². The van der Waals surface area contributed by atoms with Gasteiger partial charge in [-0.2, -0.15) is 0 Å². The van der Waals surface area contributed by atoms with Crippen LogP contribution in [0.1, 0.15) is 39.9 Å². The molecule has 1 unspecified atom stereocenters. The van der Waals surface area contributed by atoms with Crippen molar-refractivity contribution in [3.05, 3.63) is 52.0 Å². The second kappa shape index (κ2) is 10.0. The molecular formula is C16H20ClN3O3S. The molecule has 0 aliphatic carbocycles. The summed E-state index contributed by atoms with van der Waals surface area (Å²) >= 11 is 1.35. The number of thiazole rings is 1. The van der Waals surface area contributed by atoms with Gasteiger partial charge in [0.25, 0.3) is 5.91 Å². The first-order valence-corrected chi connectivity index (χ1v) is 8.09. The van der Waals surface area contributed by atoms with E-state index in [9.17, 15) is 9.59 Å². The van der Waals surface area contributed by atoms with E-state index in [2.05, 4.69) is 15.0 Å². The third-order valence-electron chi connectivity index (χ3n) is 3.33. The van der Waals surface area contributed by atoms with E-state index in [1.54, 1.807) is 5.38 Å². The lowest BCUT2D eigenvalue weighted by atomic mass is 10.0. The zero-order valence-corrected chi connectivity index (χ0v) is 14.9. The molecule has 8 heteroatoms. The molecule has 1 atom stereocenters. The largest absolute Gasteiger partial charge is 0.469 e. The van der Waals surface area contributed by atoms with Crippen LogP contribution in [0.3, 0.4) is 0 Å². The Morgan fingerprint density at radius 2 is 2.04 bits per heavy atom. The number of hydrogen-bond acceptors (Lipinski definition) is 6. The van der Waals surface area contributed by atoms with Gasteiger partial charge in [-0.1, -0.05) is 30.3 Å². The molecule has 1 heterocycles. The quantitative estimate of drug-likeness (QED) is 0.731. The van der Waals surface area contributed by atoms with Gasteiger partial charge in [0.1, 0.15) is 10.7 Å². The number of aromatic nitrogens is 1. The molecule has 0 saturated heterocycles. The molecule has 0 bridgehead atoms. The molecule has 2 aromatic rings. The molecule has 6 nitrogen and oxygen atoms in total. The number of benzene rings is 1. The fraction of sp³-hybridized carbons (Fsp3) is 0.312. The molecule has 3 N–H and O–H groups in total. The summed E-state index contributed by atoms with van der Waals surface area (Å²) in [7, 11) is 1.35. The number of esters is 1. The molecule has 24 heavy (non-hydrogen) atoms. The Morgan fingerprint density at radius 1 is 1.33 bits per heavy atom. The molecule has 0 aliphatic heterocycles. The molecule has 130 valence electrons. The minimum Gasteiger partial charge on any atom is -0.469 e. The van der Waals surface area contributed by atoms with Crippen molar-refractivity contribution >= 4 is 35.6 Å². The summed E-state index contributed by atoms with van der Waals surface area (Å²) in [5, 5.41) is 5.31. The van der Waals surface area contributed by atoms with Gasteiger partial charge in [0.15, 0.2) is 0 Å². The van der Waals surface area contributed by atoms with E-state index in [4.69, 9.17) is 5.73 Å². The maximum Gasteiger partial charge on any atom is 0.305 e. The van der Waals surface area contributed by atoms with Crippen LogP contribution in [0.4, 0.5) is 0 Å². The van der Waals surface area contributed by atoms with Crippen LogP contribution in [0.5, 0.6) is 0 Å². The van der Waals surface area contributed by atoms with Gasteiger partial charge < -0.3 is 15.8 Å². The molecule has 0 aliphatic rings. The number of hydrogen-bond donors (Lipinski definition) is 2. The van der Waals surface area contributed by atoms with E-state index >= 15 is 0 Å². The second-order valence-electron chi connectivity index (χ2n) is 4.88. The SMILES string of the molecule is COC(=O)CCC(NC(=O)c1csc(CN)n1)c1ccccc1.Cl. The summed E-state index contributed by atoms with van der Waals surface area (Å²) in [5.41, 5.74) is 6.79. The van der Waals surface area contributed by atoms with Crippen molar-refractivity contribution in [2.24, 2.45) is 5.73 Å². The number of rotatable bonds is 7. The number of carbonyl (C=O) groups excluding carboxylic acids is 2. The summed E-state index contributed by atoms with van der Waals surface area (Å²) in [6.45, 7) is 0.308. The van der Waals surface area contributed by atoms with Gasteiger partial charge >= 0.3 is 5.97 Å². The molecule has 0 fully saturated rings. The number of nitrogens with one attached hydrogen (secondary N) is 1. The average Bonchev–Trinajstić information content (AvgIpc) is 3.08. The zero-order valence-electron chi connectivity index (χ0n) is 13.2. The van der Waals surface area contributed by atoms with E-state index in [0.717, 1.165) is 5.56 Å². The van der Waals surface area contributed by atoms with Crippen LogP contribution in [-0.2, 0) is 16.1 Å². The summed E-state index contributed by atoms with van der Waals surface area (Å²) < 4.78 is 4.67. The Kier molecular flexibility index (Phi) is 8.39. The molecule has 1 aromatic heterocycles. The Hall–Kier alpha value is -1.96. The number of methoxy groups -OCH3 is 1. The van der Waals surface area contributed by atoms with Crippen LogP contribution in [0.15, 0.2) is 35.7 Å². The van der Waals surface area contributed by atoms with Gasteiger partial charge in [-0.05, 0) is 12.0 Å². The Balaban J connectivity index is 0.00000288. The smallest absolute Gasteiger partial charge is 0.305 e. The molecule has 0 radical (unpaired) electrons. The molecule has 1 aromatic carbocycles. The summed E-state index contributed by atoms with van der Waals surface area (Å²) in [4.78, 5) is 27.9. The van der Waals surface area contributed by atoms with Gasteiger partial charge in [-0.15, -0.1) is 23.7 Å². The van der Waals surface area contributed by atoms with E-state index < -0.39 is 0 Å². The zero-order chi connectivity index (χ0) is 16.7. The topological polar surface area (TPSA) is 94.3 Å². The van der Waals surface area contributed by atoms with Crippen molar-refractivity contribution in [3.63, 3.8) is 0 Å². The highest BCUT2D eigenvalue weighted by Crippen LogP contribution is 2.20. The summed E-state index contributed by atoms with van der Waals surface area (Å²) in [6.07, 6.45) is 0.678. The van der Waals surface area contributed by atoms with Crippen molar-refractivity contribution in [2.45, 2.75) is 25.4 Å². The lowest BCUT2D eigenvalue weighted by molar-refractivity contribution is -0.140. The number of halogens is 1. The lowest BCUT2D eigenvalue weighted by Crippen LogP contribution is -2.29. The van der Waals surface area contributed by atoms with Gasteiger partial charge in [0, 0.05) is 18.3 Å². The lowest BCUT2D eigenvalue weighted by Gasteiger charge is -2.18. The molecular weight excluding hydrogens is 350 g/mol. The number of nitrogens with two attached hydrogens (primary N) is 1. The summed E-state index contributed by atoms with van der Waals surface area (Å²) in [5.74, 6) is -0.584. The molecule has 0 spiro atoms.